The highest BCUT2D eigenvalue weighted by Gasteiger charge is 2.13. The molecule has 0 aliphatic heterocycles. The molecule has 0 radical (unpaired) electrons. The predicted molar refractivity (Wildman–Crippen MR) is 87.4 cm³/mol. The fourth-order valence-corrected chi connectivity index (χ4v) is 4.22. The number of rotatable bonds is 6. The van der Waals surface area contributed by atoms with Crippen LogP contribution in [0, 0.1) is 13.8 Å². The minimum absolute atomic E-state index is 0.109. The van der Waals surface area contributed by atoms with E-state index in [1.54, 1.807) is 35.6 Å². The van der Waals surface area contributed by atoms with Crippen LogP contribution in [0.2, 0.25) is 5.02 Å². The molecule has 0 bridgehead atoms. The van der Waals surface area contributed by atoms with E-state index in [1.165, 1.54) is 4.88 Å². The molecule has 2 rings (SSSR count). The van der Waals surface area contributed by atoms with Crippen molar-refractivity contribution in [2.24, 2.45) is 0 Å². The molecule has 0 amide bonds. The van der Waals surface area contributed by atoms with Crippen LogP contribution in [0.15, 0.2) is 24.3 Å². The first-order valence-electron chi connectivity index (χ1n) is 6.51. The first-order valence-corrected chi connectivity index (χ1v) is 9.36. The number of aromatic nitrogens is 1. The SMILES string of the molecule is Cc1nc(CCNS(=O)(=O)Cc2ccccc2Cl)sc1C. The van der Waals surface area contributed by atoms with E-state index in [-0.39, 0.29) is 5.75 Å². The van der Waals surface area contributed by atoms with Crippen molar-refractivity contribution in [3.8, 4) is 0 Å². The van der Waals surface area contributed by atoms with E-state index in [1.807, 2.05) is 13.8 Å². The Balaban J connectivity index is 1.91. The van der Waals surface area contributed by atoms with Crippen LogP contribution < -0.4 is 4.72 Å². The standard InChI is InChI=1S/C14H17ClN2O2S2/c1-10-11(2)20-14(17-10)7-8-16-21(18,19)9-12-5-3-4-6-13(12)15/h3-6,16H,7-9H2,1-2H3. The average Bonchev–Trinajstić information content (AvgIpc) is 2.71. The number of halogens is 1. The summed E-state index contributed by atoms with van der Waals surface area (Å²) in [5.41, 5.74) is 1.61. The van der Waals surface area contributed by atoms with Crippen LogP contribution in [0.4, 0.5) is 0 Å². The molecule has 0 saturated carbocycles. The Hall–Kier alpha value is -0.950. The predicted octanol–water partition coefficient (Wildman–Crippen LogP) is 3.08. The lowest BCUT2D eigenvalue weighted by atomic mass is 10.2. The zero-order valence-corrected chi connectivity index (χ0v) is 14.3. The lowest BCUT2D eigenvalue weighted by molar-refractivity contribution is 0.580. The van der Waals surface area contributed by atoms with Crippen molar-refractivity contribution in [1.29, 1.82) is 0 Å². The Labute approximate surface area is 134 Å². The number of sulfonamides is 1. The second-order valence-electron chi connectivity index (χ2n) is 4.74. The van der Waals surface area contributed by atoms with Crippen LogP contribution in [0.5, 0.6) is 0 Å². The van der Waals surface area contributed by atoms with Gasteiger partial charge in [0.25, 0.3) is 0 Å². The summed E-state index contributed by atoms with van der Waals surface area (Å²) in [5, 5.41) is 1.42. The number of aryl methyl sites for hydroxylation is 2. The Morgan fingerprint density at radius 1 is 1.29 bits per heavy atom. The van der Waals surface area contributed by atoms with Crippen LogP contribution in [0.3, 0.4) is 0 Å². The summed E-state index contributed by atoms with van der Waals surface area (Å²) in [6, 6.07) is 6.96. The van der Waals surface area contributed by atoms with Gasteiger partial charge in [0.1, 0.15) is 0 Å². The Bertz CT molecular complexity index is 707. The lowest BCUT2D eigenvalue weighted by Crippen LogP contribution is -2.27. The molecule has 0 atom stereocenters. The summed E-state index contributed by atoms with van der Waals surface area (Å²) in [6.45, 7) is 4.31. The number of hydrogen-bond acceptors (Lipinski definition) is 4. The largest absolute Gasteiger partial charge is 0.246 e. The van der Waals surface area contributed by atoms with Crippen LogP contribution >= 0.6 is 22.9 Å². The van der Waals surface area contributed by atoms with Crippen molar-refractivity contribution in [3.05, 3.63) is 50.4 Å². The molecule has 7 heteroatoms. The molecule has 0 aliphatic carbocycles. The van der Waals surface area contributed by atoms with Crippen molar-refractivity contribution in [2.45, 2.75) is 26.0 Å². The van der Waals surface area contributed by atoms with Gasteiger partial charge in [-0.2, -0.15) is 0 Å². The van der Waals surface area contributed by atoms with E-state index >= 15 is 0 Å². The zero-order valence-electron chi connectivity index (χ0n) is 11.9. The first kappa shape index (κ1) is 16.4. The van der Waals surface area contributed by atoms with E-state index in [4.69, 9.17) is 11.6 Å². The fraction of sp³-hybridized carbons (Fsp3) is 0.357. The van der Waals surface area contributed by atoms with Crippen LogP contribution in [-0.2, 0) is 22.2 Å². The van der Waals surface area contributed by atoms with Gasteiger partial charge in [-0.15, -0.1) is 11.3 Å². The minimum Gasteiger partial charge on any atom is -0.246 e. The Morgan fingerprint density at radius 2 is 2.00 bits per heavy atom. The second-order valence-corrected chi connectivity index (χ2v) is 8.25. The molecule has 1 aromatic carbocycles. The highest BCUT2D eigenvalue weighted by atomic mass is 35.5. The monoisotopic (exact) mass is 344 g/mol. The number of benzene rings is 1. The van der Waals surface area contributed by atoms with Gasteiger partial charge >= 0.3 is 0 Å². The summed E-state index contributed by atoms with van der Waals surface area (Å²) < 4.78 is 26.6. The molecule has 0 saturated heterocycles. The molecule has 0 unspecified atom stereocenters. The summed E-state index contributed by atoms with van der Waals surface area (Å²) in [5.74, 6) is -0.109. The summed E-state index contributed by atoms with van der Waals surface area (Å²) in [7, 11) is -3.39. The molecular formula is C14H17ClN2O2S2. The topological polar surface area (TPSA) is 59.1 Å². The minimum atomic E-state index is -3.39. The van der Waals surface area contributed by atoms with Crippen molar-refractivity contribution >= 4 is 33.0 Å². The maximum absolute atomic E-state index is 12.0. The van der Waals surface area contributed by atoms with Crippen molar-refractivity contribution < 1.29 is 8.42 Å². The van der Waals surface area contributed by atoms with Crippen LogP contribution in [0.1, 0.15) is 21.1 Å². The quantitative estimate of drug-likeness (QED) is 0.876. The van der Waals surface area contributed by atoms with E-state index in [2.05, 4.69) is 9.71 Å². The fourth-order valence-electron chi connectivity index (χ4n) is 1.83. The van der Waals surface area contributed by atoms with Gasteiger partial charge in [0.2, 0.25) is 10.0 Å². The van der Waals surface area contributed by atoms with Gasteiger partial charge in [-0.05, 0) is 25.5 Å². The molecule has 0 fully saturated rings. The molecule has 2 aromatic rings. The molecule has 1 aromatic heterocycles. The zero-order chi connectivity index (χ0) is 15.5. The summed E-state index contributed by atoms with van der Waals surface area (Å²) in [6.07, 6.45) is 0.598. The maximum atomic E-state index is 12.0. The van der Waals surface area contributed by atoms with Crippen molar-refractivity contribution in [3.63, 3.8) is 0 Å². The third-order valence-electron chi connectivity index (χ3n) is 3.04. The van der Waals surface area contributed by atoms with Crippen LogP contribution in [0.25, 0.3) is 0 Å². The van der Waals surface area contributed by atoms with Gasteiger partial charge in [0.05, 0.1) is 16.5 Å². The highest BCUT2D eigenvalue weighted by molar-refractivity contribution is 7.88. The lowest BCUT2D eigenvalue weighted by Gasteiger charge is -2.07. The maximum Gasteiger partial charge on any atom is 0.215 e. The molecule has 114 valence electrons. The third kappa shape index (κ3) is 4.78. The van der Waals surface area contributed by atoms with Gasteiger partial charge in [0, 0.05) is 22.9 Å². The third-order valence-corrected chi connectivity index (χ3v) is 5.87. The summed E-state index contributed by atoms with van der Waals surface area (Å²) in [4.78, 5) is 5.56. The van der Waals surface area contributed by atoms with E-state index in [9.17, 15) is 8.42 Å². The molecule has 0 aliphatic rings. The van der Waals surface area contributed by atoms with E-state index in [0.717, 1.165) is 10.7 Å². The van der Waals surface area contributed by atoms with Crippen LogP contribution in [-0.4, -0.2) is 19.9 Å². The normalized spacial score (nSPS) is 11.8. The van der Waals surface area contributed by atoms with Gasteiger partial charge in [-0.25, -0.2) is 18.1 Å². The number of thiazole rings is 1. The molecular weight excluding hydrogens is 328 g/mol. The molecule has 1 heterocycles. The van der Waals surface area contributed by atoms with Gasteiger partial charge in [-0.3, -0.25) is 0 Å². The summed E-state index contributed by atoms with van der Waals surface area (Å²) >= 11 is 7.58. The van der Waals surface area contributed by atoms with E-state index in [0.29, 0.717) is 23.6 Å². The average molecular weight is 345 g/mol. The second kappa shape index (κ2) is 6.87. The van der Waals surface area contributed by atoms with Gasteiger partial charge in [0.15, 0.2) is 0 Å². The van der Waals surface area contributed by atoms with Gasteiger partial charge < -0.3 is 0 Å². The first-order chi connectivity index (χ1) is 9.87. The smallest absolute Gasteiger partial charge is 0.215 e. The molecule has 4 nitrogen and oxygen atoms in total. The van der Waals surface area contributed by atoms with Gasteiger partial charge in [-0.1, -0.05) is 29.8 Å². The Kier molecular flexibility index (Phi) is 5.37. The molecule has 21 heavy (non-hydrogen) atoms. The number of nitrogens with zero attached hydrogens (tertiary/aromatic N) is 1. The molecule has 0 spiro atoms. The highest BCUT2D eigenvalue weighted by Crippen LogP contribution is 2.18. The van der Waals surface area contributed by atoms with E-state index < -0.39 is 10.0 Å². The molecule has 1 N–H and O–H groups in total. The van der Waals surface area contributed by atoms with Crippen molar-refractivity contribution in [2.75, 3.05) is 6.54 Å². The number of nitrogens with one attached hydrogen (secondary N) is 1. The number of hydrogen-bond donors (Lipinski definition) is 1. The van der Waals surface area contributed by atoms with Crippen molar-refractivity contribution in [1.82, 2.24) is 9.71 Å². The Morgan fingerprint density at radius 3 is 2.62 bits per heavy atom.